The Morgan fingerprint density at radius 2 is 1.87 bits per heavy atom. The summed E-state index contributed by atoms with van der Waals surface area (Å²) in [7, 11) is 1.57. The third-order valence-electron chi connectivity index (χ3n) is 3.93. The van der Waals surface area contributed by atoms with E-state index in [1.807, 2.05) is 6.92 Å². The molecule has 2 N–H and O–H groups in total. The first kappa shape index (κ1) is 17.2. The number of nitrogens with zero attached hydrogens (tertiary/aromatic N) is 1. The van der Waals surface area contributed by atoms with Crippen molar-refractivity contribution < 1.29 is 18.4 Å². The molecule has 1 aliphatic heterocycles. The van der Waals surface area contributed by atoms with Crippen LogP contribution in [0, 0.1) is 23.5 Å². The first-order chi connectivity index (χ1) is 10.9. The van der Waals surface area contributed by atoms with Gasteiger partial charge in [0.15, 0.2) is 0 Å². The van der Waals surface area contributed by atoms with E-state index in [4.69, 9.17) is 0 Å². The summed E-state index contributed by atoms with van der Waals surface area (Å²) in [5.74, 6) is -1.47. The van der Waals surface area contributed by atoms with E-state index in [0.717, 1.165) is 12.5 Å². The van der Waals surface area contributed by atoms with Crippen molar-refractivity contribution in [3.8, 4) is 0 Å². The van der Waals surface area contributed by atoms with Crippen LogP contribution in [0.5, 0.6) is 0 Å². The summed E-state index contributed by atoms with van der Waals surface area (Å²) in [5.41, 5.74) is 0.351. The standard InChI is InChI=1S/C16H21F2N3O2/c1-10-3-12(15(22)19-2)9-21(8-10)16(23)20-7-11-4-13(17)6-14(18)5-11/h4-6,10,12H,3,7-9H2,1-2H3,(H,19,22)(H,20,23). The molecule has 0 aromatic heterocycles. The van der Waals surface area contributed by atoms with Crippen molar-refractivity contribution in [2.75, 3.05) is 20.1 Å². The number of halogens is 2. The van der Waals surface area contributed by atoms with Crippen LogP contribution in [0.3, 0.4) is 0 Å². The zero-order valence-electron chi connectivity index (χ0n) is 13.2. The quantitative estimate of drug-likeness (QED) is 0.891. The van der Waals surface area contributed by atoms with E-state index in [9.17, 15) is 18.4 Å². The second-order valence-corrected chi connectivity index (χ2v) is 5.99. The molecule has 1 aliphatic rings. The summed E-state index contributed by atoms with van der Waals surface area (Å²) in [6.45, 7) is 2.91. The van der Waals surface area contributed by atoms with Gasteiger partial charge in [0.1, 0.15) is 11.6 Å². The summed E-state index contributed by atoms with van der Waals surface area (Å²) < 4.78 is 26.3. The lowest BCUT2D eigenvalue weighted by molar-refractivity contribution is -0.126. The summed E-state index contributed by atoms with van der Waals surface area (Å²) in [5, 5.41) is 5.25. The van der Waals surface area contributed by atoms with Crippen LogP contribution in [0.2, 0.25) is 0 Å². The largest absolute Gasteiger partial charge is 0.359 e. The normalized spacial score (nSPS) is 21.0. The molecular formula is C16H21F2N3O2. The van der Waals surface area contributed by atoms with Gasteiger partial charge in [-0.2, -0.15) is 0 Å². The van der Waals surface area contributed by atoms with Crippen molar-refractivity contribution in [2.45, 2.75) is 19.9 Å². The highest BCUT2D eigenvalue weighted by Gasteiger charge is 2.31. The minimum Gasteiger partial charge on any atom is -0.359 e. The molecule has 0 radical (unpaired) electrons. The summed E-state index contributed by atoms with van der Waals surface area (Å²) in [6.07, 6.45) is 0.735. The number of likely N-dealkylation sites (tertiary alicyclic amines) is 1. The highest BCUT2D eigenvalue weighted by Crippen LogP contribution is 2.21. The van der Waals surface area contributed by atoms with E-state index >= 15 is 0 Å². The van der Waals surface area contributed by atoms with E-state index in [1.165, 1.54) is 12.1 Å². The lowest BCUT2D eigenvalue weighted by atomic mass is 9.90. The zero-order chi connectivity index (χ0) is 17.0. The van der Waals surface area contributed by atoms with Crippen LogP contribution < -0.4 is 10.6 Å². The molecule has 1 aromatic carbocycles. The Morgan fingerprint density at radius 3 is 2.48 bits per heavy atom. The van der Waals surface area contributed by atoms with E-state index < -0.39 is 11.6 Å². The van der Waals surface area contributed by atoms with Crippen LogP contribution in [0.25, 0.3) is 0 Å². The van der Waals surface area contributed by atoms with Gasteiger partial charge in [-0.25, -0.2) is 13.6 Å². The third kappa shape index (κ3) is 4.64. The van der Waals surface area contributed by atoms with Crippen molar-refractivity contribution >= 4 is 11.9 Å². The first-order valence-corrected chi connectivity index (χ1v) is 7.58. The fraction of sp³-hybridized carbons (Fsp3) is 0.500. The molecule has 1 fully saturated rings. The zero-order valence-corrected chi connectivity index (χ0v) is 13.2. The Labute approximate surface area is 134 Å². The number of carbonyl (C=O) groups is 2. The van der Waals surface area contributed by atoms with Gasteiger partial charge in [-0.3, -0.25) is 4.79 Å². The van der Waals surface area contributed by atoms with Crippen LogP contribution in [-0.2, 0) is 11.3 Å². The highest BCUT2D eigenvalue weighted by molar-refractivity contribution is 5.80. The molecule has 0 aliphatic carbocycles. The molecule has 0 spiro atoms. The Morgan fingerprint density at radius 1 is 1.22 bits per heavy atom. The predicted molar refractivity (Wildman–Crippen MR) is 81.5 cm³/mol. The molecule has 1 aromatic rings. The van der Waals surface area contributed by atoms with Crippen molar-refractivity contribution in [1.29, 1.82) is 0 Å². The van der Waals surface area contributed by atoms with Gasteiger partial charge in [0.05, 0.1) is 5.92 Å². The summed E-state index contributed by atoms with van der Waals surface area (Å²) in [4.78, 5) is 25.6. The number of carbonyl (C=O) groups excluding carboxylic acids is 2. The number of amides is 3. The molecule has 2 atom stereocenters. The molecule has 0 saturated carbocycles. The smallest absolute Gasteiger partial charge is 0.317 e. The predicted octanol–water partition coefficient (Wildman–Crippen LogP) is 1.88. The van der Waals surface area contributed by atoms with Gasteiger partial charge in [0, 0.05) is 32.7 Å². The van der Waals surface area contributed by atoms with Crippen LogP contribution >= 0.6 is 0 Å². The molecule has 2 rings (SSSR count). The second-order valence-electron chi connectivity index (χ2n) is 5.99. The summed E-state index contributed by atoms with van der Waals surface area (Å²) in [6, 6.07) is 2.80. The number of hydrogen-bond donors (Lipinski definition) is 2. The molecule has 5 nitrogen and oxygen atoms in total. The van der Waals surface area contributed by atoms with Gasteiger partial charge in [-0.1, -0.05) is 6.92 Å². The monoisotopic (exact) mass is 325 g/mol. The molecule has 1 heterocycles. The van der Waals surface area contributed by atoms with Crippen molar-refractivity contribution in [2.24, 2.45) is 11.8 Å². The number of hydrogen-bond acceptors (Lipinski definition) is 2. The molecular weight excluding hydrogens is 304 g/mol. The minimum atomic E-state index is -0.680. The Bertz CT molecular complexity index is 574. The van der Waals surface area contributed by atoms with Crippen LogP contribution in [0.4, 0.5) is 13.6 Å². The lowest BCUT2D eigenvalue weighted by Gasteiger charge is -2.35. The van der Waals surface area contributed by atoms with E-state index in [1.54, 1.807) is 11.9 Å². The molecule has 3 amide bonds. The van der Waals surface area contributed by atoms with E-state index in [0.29, 0.717) is 18.7 Å². The fourth-order valence-electron chi connectivity index (χ4n) is 2.91. The average molecular weight is 325 g/mol. The number of benzene rings is 1. The van der Waals surface area contributed by atoms with Gasteiger partial charge >= 0.3 is 6.03 Å². The molecule has 126 valence electrons. The van der Waals surface area contributed by atoms with Crippen LogP contribution in [0.15, 0.2) is 18.2 Å². The molecule has 0 bridgehead atoms. The second kappa shape index (κ2) is 7.39. The number of rotatable bonds is 3. The average Bonchev–Trinajstić information content (AvgIpc) is 2.50. The number of piperidine rings is 1. The van der Waals surface area contributed by atoms with Gasteiger partial charge in [-0.15, -0.1) is 0 Å². The maximum atomic E-state index is 13.1. The van der Waals surface area contributed by atoms with Crippen molar-refractivity contribution in [3.05, 3.63) is 35.4 Å². The van der Waals surface area contributed by atoms with E-state index in [2.05, 4.69) is 10.6 Å². The highest BCUT2D eigenvalue weighted by atomic mass is 19.1. The Kier molecular flexibility index (Phi) is 5.52. The van der Waals surface area contributed by atoms with Gasteiger partial charge in [0.25, 0.3) is 0 Å². The van der Waals surface area contributed by atoms with Gasteiger partial charge in [0.2, 0.25) is 5.91 Å². The minimum absolute atomic E-state index is 0.0308. The molecule has 1 saturated heterocycles. The molecule has 23 heavy (non-hydrogen) atoms. The van der Waals surface area contributed by atoms with Gasteiger partial charge < -0.3 is 15.5 Å². The Hall–Kier alpha value is -2.18. The van der Waals surface area contributed by atoms with Crippen LogP contribution in [-0.4, -0.2) is 37.0 Å². The maximum absolute atomic E-state index is 13.1. The number of urea groups is 1. The molecule has 7 heteroatoms. The SMILES string of the molecule is CNC(=O)C1CC(C)CN(C(=O)NCc2cc(F)cc(F)c2)C1. The maximum Gasteiger partial charge on any atom is 0.317 e. The Balaban J connectivity index is 1.95. The fourth-order valence-corrected chi connectivity index (χ4v) is 2.91. The number of nitrogens with one attached hydrogen (secondary N) is 2. The lowest BCUT2D eigenvalue weighted by Crippen LogP contribution is -2.50. The third-order valence-corrected chi connectivity index (χ3v) is 3.93. The van der Waals surface area contributed by atoms with Crippen molar-refractivity contribution in [1.82, 2.24) is 15.5 Å². The summed E-state index contributed by atoms with van der Waals surface area (Å²) >= 11 is 0. The molecule has 2 unspecified atom stereocenters. The topological polar surface area (TPSA) is 61.4 Å². The van der Waals surface area contributed by atoms with E-state index in [-0.39, 0.29) is 30.3 Å². The van der Waals surface area contributed by atoms with Gasteiger partial charge in [-0.05, 0) is 30.0 Å². The van der Waals surface area contributed by atoms with Crippen molar-refractivity contribution in [3.63, 3.8) is 0 Å². The van der Waals surface area contributed by atoms with Crippen LogP contribution in [0.1, 0.15) is 18.9 Å². The first-order valence-electron chi connectivity index (χ1n) is 7.58.